The average Bonchev–Trinajstić information content (AvgIpc) is 2.72. The Labute approximate surface area is 119 Å². The standard InChI is InChI=1S/C14H12INO2/c1-3-4-5-12-14(17)18-13(16-12)10-6-7-11(15)9(2)8-10/h3-8H,1-2H3/b4-3+,12-5-. The molecule has 0 unspecified atom stereocenters. The second-order valence-corrected chi connectivity index (χ2v) is 5.01. The third kappa shape index (κ3) is 2.69. The molecule has 0 fully saturated rings. The van der Waals surface area contributed by atoms with E-state index in [0.717, 1.165) is 11.1 Å². The molecule has 0 aliphatic carbocycles. The summed E-state index contributed by atoms with van der Waals surface area (Å²) in [5.74, 6) is -0.0328. The van der Waals surface area contributed by atoms with Gasteiger partial charge in [0.25, 0.3) is 0 Å². The molecule has 0 aromatic heterocycles. The summed E-state index contributed by atoms with van der Waals surface area (Å²) >= 11 is 2.26. The zero-order valence-electron chi connectivity index (χ0n) is 10.1. The van der Waals surface area contributed by atoms with E-state index < -0.39 is 5.97 Å². The highest BCUT2D eigenvalue weighted by Crippen LogP contribution is 2.19. The number of allylic oxidation sites excluding steroid dienone is 3. The van der Waals surface area contributed by atoms with Gasteiger partial charge in [-0.25, -0.2) is 9.79 Å². The quantitative estimate of drug-likeness (QED) is 0.465. The highest BCUT2D eigenvalue weighted by Gasteiger charge is 2.23. The summed E-state index contributed by atoms with van der Waals surface area (Å²) < 4.78 is 6.33. The van der Waals surface area contributed by atoms with Crippen LogP contribution in [-0.4, -0.2) is 11.9 Å². The zero-order valence-corrected chi connectivity index (χ0v) is 12.3. The second kappa shape index (κ2) is 5.48. The van der Waals surface area contributed by atoms with E-state index in [1.54, 1.807) is 12.2 Å². The van der Waals surface area contributed by atoms with Crippen molar-refractivity contribution in [3.63, 3.8) is 0 Å². The van der Waals surface area contributed by atoms with Crippen LogP contribution in [0.5, 0.6) is 0 Å². The van der Waals surface area contributed by atoms with E-state index in [1.807, 2.05) is 38.1 Å². The lowest BCUT2D eigenvalue weighted by atomic mass is 10.1. The Balaban J connectivity index is 2.35. The van der Waals surface area contributed by atoms with Gasteiger partial charge in [0.1, 0.15) is 0 Å². The van der Waals surface area contributed by atoms with E-state index >= 15 is 0 Å². The van der Waals surface area contributed by atoms with Gasteiger partial charge in [-0.2, -0.15) is 0 Å². The fourth-order valence-electron chi connectivity index (χ4n) is 1.51. The number of aliphatic imine (C=N–C) groups is 1. The van der Waals surface area contributed by atoms with Gasteiger partial charge in [0.2, 0.25) is 5.90 Å². The highest BCUT2D eigenvalue weighted by atomic mass is 127. The van der Waals surface area contributed by atoms with Crippen LogP contribution in [0.25, 0.3) is 0 Å². The molecule has 0 saturated carbocycles. The number of aryl methyl sites for hydroxylation is 1. The van der Waals surface area contributed by atoms with Gasteiger partial charge in [-0.3, -0.25) is 0 Å². The summed E-state index contributed by atoms with van der Waals surface area (Å²) in [6.07, 6.45) is 5.25. The van der Waals surface area contributed by atoms with Gasteiger partial charge < -0.3 is 4.74 Å². The molecule has 4 heteroatoms. The first-order valence-corrected chi connectivity index (χ1v) is 6.60. The molecule has 0 atom stereocenters. The molecule has 0 radical (unpaired) electrons. The Morgan fingerprint density at radius 1 is 1.39 bits per heavy atom. The van der Waals surface area contributed by atoms with Crippen molar-refractivity contribution >= 4 is 34.5 Å². The van der Waals surface area contributed by atoms with Gasteiger partial charge in [0.05, 0.1) is 0 Å². The fraction of sp³-hybridized carbons (Fsp3) is 0.143. The van der Waals surface area contributed by atoms with Gasteiger partial charge in [-0.15, -0.1) is 0 Å². The molecule has 1 heterocycles. The number of hydrogen-bond acceptors (Lipinski definition) is 3. The Bertz CT molecular complexity index is 585. The maximum atomic E-state index is 11.6. The van der Waals surface area contributed by atoms with Gasteiger partial charge >= 0.3 is 5.97 Å². The molecule has 1 aliphatic heterocycles. The van der Waals surface area contributed by atoms with Crippen molar-refractivity contribution < 1.29 is 9.53 Å². The van der Waals surface area contributed by atoms with Crippen LogP contribution in [-0.2, 0) is 9.53 Å². The summed E-state index contributed by atoms with van der Waals surface area (Å²) in [7, 11) is 0. The van der Waals surface area contributed by atoms with Crippen molar-refractivity contribution in [3.05, 3.63) is 56.8 Å². The molecule has 0 spiro atoms. The molecule has 1 aromatic rings. The topological polar surface area (TPSA) is 38.7 Å². The van der Waals surface area contributed by atoms with Gasteiger partial charge in [0, 0.05) is 9.13 Å². The first-order valence-electron chi connectivity index (χ1n) is 5.52. The SMILES string of the molecule is C/C=C/C=C1\N=C(c2ccc(I)c(C)c2)OC1=O. The monoisotopic (exact) mass is 353 g/mol. The Morgan fingerprint density at radius 3 is 2.83 bits per heavy atom. The fourth-order valence-corrected chi connectivity index (χ4v) is 1.85. The van der Waals surface area contributed by atoms with Crippen molar-refractivity contribution in [3.8, 4) is 0 Å². The number of nitrogens with zero attached hydrogens (tertiary/aromatic N) is 1. The number of benzene rings is 1. The van der Waals surface area contributed by atoms with Gasteiger partial charge in [-0.1, -0.05) is 12.2 Å². The summed E-state index contributed by atoms with van der Waals surface area (Å²) in [6, 6.07) is 5.85. The van der Waals surface area contributed by atoms with Crippen LogP contribution >= 0.6 is 22.6 Å². The summed E-state index contributed by atoms with van der Waals surface area (Å²) in [6.45, 7) is 3.89. The molecule has 1 aromatic carbocycles. The molecular formula is C14H12INO2. The van der Waals surface area contributed by atoms with Crippen molar-refractivity contribution in [1.82, 2.24) is 0 Å². The number of halogens is 1. The van der Waals surface area contributed by atoms with Crippen LogP contribution in [0, 0.1) is 10.5 Å². The van der Waals surface area contributed by atoms with Crippen molar-refractivity contribution in [2.45, 2.75) is 13.8 Å². The number of rotatable bonds is 2. The van der Waals surface area contributed by atoms with E-state index in [0.29, 0.717) is 11.6 Å². The Hall–Kier alpha value is -1.43. The number of ether oxygens (including phenoxy) is 1. The molecule has 1 aliphatic rings. The number of cyclic esters (lactones) is 1. The summed E-state index contributed by atoms with van der Waals surface area (Å²) in [4.78, 5) is 15.8. The van der Waals surface area contributed by atoms with Crippen molar-refractivity contribution in [2.75, 3.05) is 0 Å². The lowest BCUT2D eigenvalue weighted by Gasteiger charge is -2.02. The number of hydrogen-bond donors (Lipinski definition) is 0. The Kier molecular flexibility index (Phi) is 3.96. The van der Waals surface area contributed by atoms with E-state index in [2.05, 4.69) is 27.6 Å². The van der Waals surface area contributed by atoms with Crippen LogP contribution in [0.1, 0.15) is 18.1 Å². The van der Waals surface area contributed by atoms with E-state index in [-0.39, 0.29) is 0 Å². The van der Waals surface area contributed by atoms with Crippen LogP contribution in [0.3, 0.4) is 0 Å². The molecule has 0 saturated heterocycles. The van der Waals surface area contributed by atoms with E-state index in [4.69, 9.17) is 4.74 Å². The second-order valence-electron chi connectivity index (χ2n) is 3.85. The lowest BCUT2D eigenvalue weighted by Crippen LogP contribution is -2.05. The third-order valence-corrected chi connectivity index (χ3v) is 3.68. The molecular weight excluding hydrogens is 341 g/mol. The third-order valence-electron chi connectivity index (χ3n) is 2.47. The van der Waals surface area contributed by atoms with E-state index in [1.165, 1.54) is 3.57 Å². The Morgan fingerprint density at radius 2 is 2.17 bits per heavy atom. The molecule has 0 bridgehead atoms. The number of carbonyl (C=O) groups is 1. The largest absolute Gasteiger partial charge is 0.402 e. The first-order chi connectivity index (χ1) is 8.61. The molecule has 0 amide bonds. The maximum absolute atomic E-state index is 11.6. The molecule has 18 heavy (non-hydrogen) atoms. The smallest absolute Gasteiger partial charge is 0.363 e. The minimum Gasteiger partial charge on any atom is -0.402 e. The summed E-state index contributed by atoms with van der Waals surface area (Å²) in [5.41, 5.74) is 2.29. The normalized spacial score (nSPS) is 17.4. The molecule has 3 nitrogen and oxygen atoms in total. The average molecular weight is 353 g/mol. The summed E-state index contributed by atoms with van der Waals surface area (Å²) in [5, 5.41) is 0. The van der Waals surface area contributed by atoms with Crippen LogP contribution in [0.15, 0.2) is 47.1 Å². The molecule has 92 valence electrons. The minimum absolute atomic E-state index is 0.333. The number of esters is 1. The predicted octanol–water partition coefficient (Wildman–Crippen LogP) is 3.36. The predicted molar refractivity (Wildman–Crippen MR) is 79.4 cm³/mol. The van der Waals surface area contributed by atoms with Gasteiger partial charge in [0.15, 0.2) is 5.70 Å². The lowest BCUT2D eigenvalue weighted by molar-refractivity contribution is -0.130. The van der Waals surface area contributed by atoms with Crippen molar-refractivity contribution in [2.24, 2.45) is 4.99 Å². The van der Waals surface area contributed by atoms with Gasteiger partial charge in [-0.05, 0) is 66.3 Å². The molecule has 0 N–H and O–H groups in total. The van der Waals surface area contributed by atoms with E-state index in [9.17, 15) is 4.79 Å². The number of carbonyl (C=O) groups excluding carboxylic acids is 1. The van der Waals surface area contributed by atoms with Crippen LogP contribution in [0.4, 0.5) is 0 Å². The highest BCUT2D eigenvalue weighted by molar-refractivity contribution is 14.1. The zero-order chi connectivity index (χ0) is 13.1. The first kappa shape index (κ1) is 13.0. The van der Waals surface area contributed by atoms with Crippen molar-refractivity contribution in [1.29, 1.82) is 0 Å². The maximum Gasteiger partial charge on any atom is 0.363 e. The van der Waals surface area contributed by atoms with Crippen LogP contribution < -0.4 is 0 Å². The molecule has 2 rings (SSSR count). The van der Waals surface area contributed by atoms with Crippen LogP contribution in [0.2, 0.25) is 0 Å². The minimum atomic E-state index is -0.403.